The van der Waals surface area contributed by atoms with Crippen LogP contribution in [-0.4, -0.2) is 22.9 Å². The molecule has 0 spiro atoms. The summed E-state index contributed by atoms with van der Waals surface area (Å²) in [6, 6.07) is 0. The highest BCUT2D eigenvalue weighted by Gasteiger charge is 2.41. The summed E-state index contributed by atoms with van der Waals surface area (Å²) >= 11 is 3.46. The number of nitrogens with zero attached hydrogens (tertiary/aromatic N) is 1. The molecule has 0 aliphatic heterocycles. The van der Waals surface area contributed by atoms with Gasteiger partial charge in [0.05, 0.1) is 6.20 Å². The normalized spacial score (nSPS) is 17.5. The first-order chi connectivity index (χ1) is 7.17. The Bertz CT molecular complexity index is 371. The van der Waals surface area contributed by atoms with Crippen molar-refractivity contribution in [3.63, 3.8) is 0 Å². The molecule has 4 nitrogen and oxygen atoms in total. The molecule has 0 bridgehead atoms. The molecular formula is C10H13BrN2O2. The van der Waals surface area contributed by atoms with Gasteiger partial charge in [-0.1, -0.05) is 21.1 Å². The highest BCUT2D eigenvalue weighted by atomic mass is 79.9. The summed E-state index contributed by atoms with van der Waals surface area (Å²) in [4.78, 5) is 11.7. The molecule has 0 atom stereocenters. The molecule has 15 heavy (non-hydrogen) atoms. The average Bonchev–Trinajstić information content (AvgIpc) is 2.91. The van der Waals surface area contributed by atoms with Gasteiger partial charge in [-0.15, -0.1) is 0 Å². The van der Waals surface area contributed by atoms with Gasteiger partial charge in [0.1, 0.15) is 11.3 Å². The molecule has 1 fully saturated rings. The first-order valence-corrected chi connectivity index (χ1v) is 6.04. The first-order valence-electron chi connectivity index (χ1n) is 4.92. The minimum atomic E-state index is -0.0963. The lowest BCUT2D eigenvalue weighted by Gasteiger charge is -2.11. The number of hydrogen-bond donors (Lipinski definition) is 1. The fourth-order valence-corrected chi connectivity index (χ4v) is 2.17. The van der Waals surface area contributed by atoms with Crippen molar-refractivity contribution < 1.29 is 9.32 Å². The van der Waals surface area contributed by atoms with Crippen LogP contribution in [0.3, 0.4) is 0 Å². The smallest absolute Gasteiger partial charge is 0.256 e. The molecule has 1 aliphatic rings. The standard InChI is InChI=1S/C10H13BrN2O2/c1-7-8(4-13-15-7)9(14)12-6-10(5-11)2-3-10/h4H,2-3,5-6H2,1H3,(H,12,14). The Morgan fingerprint density at radius 1 is 1.73 bits per heavy atom. The van der Waals surface area contributed by atoms with E-state index < -0.39 is 0 Å². The van der Waals surface area contributed by atoms with Crippen molar-refractivity contribution >= 4 is 21.8 Å². The Balaban J connectivity index is 1.91. The van der Waals surface area contributed by atoms with Gasteiger partial charge in [0.25, 0.3) is 5.91 Å². The Labute approximate surface area is 96.5 Å². The van der Waals surface area contributed by atoms with Crippen LogP contribution < -0.4 is 5.32 Å². The highest BCUT2D eigenvalue weighted by Crippen LogP contribution is 2.46. The quantitative estimate of drug-likeness (QED) is 0.852. The van der Waals surface area contributed by atoms with E-state index in [0.29, 0.717) is 16.7 Å². The zero-order valence-corrected chi connectivity index (χ0v) is 10.1. The molecule has 0 aromatic carbocycles. The number of halogens is 1. The summed E-state index contributed by atoms with van der Waals surface area (Å²) < 4.78 is 4.84. The largest absolute Gasteiger partial charge is 0.361 e. The summed E-state index contributed by atoms with van der Waals surface area (Å²) in [6.07, 6.45) is 3.82. The number of rotatable bonds is 4. The molecule has 1 amide bonds. The lowest BCUT2D eigenvalue weighted by molar-refractivity contribution is 0.0945. The number of carbonyl (C=O) groups is 1. The fourth-order valence-electron chi connectivity index (χ4n) is 1.41. The van der Waals surface area contributed by atoms with E-state index in [-0.39, 0.29) is 5.91 Å². The zero-order chi connectivity index (χ0) is 10.9. The molecule has 82 valence electrons. The van der Waals surface area contributed by atoms with Crippen molar-refractivity contribution in [3.8, 4) is 0 Å². The second-order valence-electron chi connectivity index (χ2n) is 4.11. The van der Waals surface area contributed by atoms with Gasteiger partial charge < -0.3 is 9.84 Å². The Morgan fingerprint density at radius 2 is 2.47 bits per heavy atom. The van der Waals surface area contributed by atoms with Crippen LogP contribution >= 0.6 is 15.9 Å². The number of alkyl halides is 1. The average molecular weight is 273 g/mol. The number of aromatic nitrogens is 1. The second kappa shape index (κ2) is 3.96. The molecule has 1 saturated carbocycles. The van der Waals surface area contributed by atoms with Crippen molar-refractivity contribution in [1.29, 1.82) is 0 Å². The molecule has 1 aromatic rings. The third kappa shape index (κ3) is 2.22. The molecule has 5 heteroatoms. The van der Waals surface area contributed by atoms with Gasteiger partial charge in [0.2, 0.25) is 0 Å². The maximum atomic E-state index is 11.7. The van der Waals surface area contributed by atoms with E-state index in [1.54, 1.807) is 6.92 Å². The number of hydrogen-bond acceptors (Lipinski definition) is 3. The van der Waals surface area contributed by atoms with Crippen LogP contribution in [0.15, 0.2) is 10.7 Å². The summed E-state index contributed by atoms with van der Waals surface area (Å²) in [5, 5.41) is 7.44. The van der Waals surface area contributed by atoms with Gasteiger partial charge in [-0.05, 0) is 25.2 Å². The summed E-state index contributed by atoms with van der Waals surface area (Å²) in [5.41, 5.74) is 0.821. The first kappa shape index (κ1) is 10.7. The molecule has 0 radical (unpaired) electrons. The molecule has 1 heterocycles. The van der Waals surface area contributed by atoms with Crippen molar-refractivity contribution in [2.24, 2.45) is 5.41 Å². The van der Waals surface area contributed by atoms with Crippen LogP contribution in [-0.2, 0) is 0 Å². The Hall–Kier alpha value is -0.840. The lowest BCUT2D eigenvalue weighted by atomic mass is 10.1. The monoisotopic (exact) mass is 272 g/mol. The minimum Gasteiger partial charge on any atom is -0.361 e. The van der Waals surface area contributed by atoms with Gasteiger partial charge in [-0.2, -0.15) is 0 Å². The van der Waals surface area contributed by atoms with E-state index in [1.165, 1.54) is 19.0 Å². The van der Waals surface area contributed by atoms with Crippen LogP contribution in [0.1, 0.15) is 29.0 Å². The van der Waals surface area contributed by atoms with Gasteiger partial charge in [-0.3, -0.25) is 4.79 Å². The van der Waals surface area contributed by atoms with E-state index >= 15 is 0 Å². The number of amides is 1. The molecule has 0 saturated heterocycles. The van der Waals surface area contributed by atoms with E-state index in [1.807, 2.05) is 0 Å². The molecule has 1 N–H and O–H groups in total. The zero-order valence-electron chi connectivity index (χ0n) is 8.55. The fraction of sp³-hybridized carbons (Fsp3) is 0.600. The van der Waals surface area contributed by atoms with E-state index in [9.17, 15) is 4.79 Å². The van der Waals surface area contributed by atoms with Gasteiger partial charge >= 0.3 is 0 Å². The minimum absolute atomic E-state index is 0.0963. The number of nitrogens with one attached hydrogen (secondary N) is 1. The molecule has 0 unspecified atom stereocenters. The topological polar surface area (TPSA) is 55.1 Å². The molecule has 1 aliphatic carbocycles. The van der Waals surface area contributed by atoms with E-state index in [0.717, 1.165) is 11.9 Å². The Morgan fingerprint density at radius 3 is 2.93 bits per heavy atom. The maximum Gasteiger partial charge on any atom is 0.256 e. The highest BCUT2D eigenvalue weighted by molar-refractivity contribution is 9.09. The summed E-state index contributed by atoms with van der Waals surface area (Å²) in [7, 11) is 0. The van der Waals surface area contributed by atoms with Gasteiger partial charge in [0.15, 0.2) is 0 Å². The predicted octanol–water partition coefficient (Wildman–Crippen LogP) is 1.89. The second-order valence-corrected chi connectivity index (χ2v) is 4.67. The lowest BCUT2D eigenvalue weighted by Crippen LogP contribution is -2.31. The molecule has 2 rings (SSSR count). The van der Waals surface area contributed by atoms with Gasteiger partial charge in [-0.25, -0.2) is 0 Å². The third-order valence-corrected chi connectivity index (χ3v) is 4.05. The Kier molecular flexibility index (Phi) is 2.82. The summed E-state index contributed by atoms with van der Waals surface area (Å²) in [5.74, 6) is 0.470. The predicted molar refractivity (Wildman–Crippen MR) is 59.0 cm³/mol. The van der Waals surface area contributed by atoms with Gasteiger partial charge in [0, 0.05) is 11.9 Å². The van der Waals surface area contributed by atoms with Crippen LogP contribution in [0.2, 0.25) is 0 Å². The summed E-state index contributed by atoms with van der Waals surface area (Å²) in [6.45, 7) is 2.46. The van der Waals surface area contributed by atoms with Crippen LogP contribution in [0.4, 0.5) is 0 Å². The SMILES string of the molecule is Cc1oncc1C(=O)NCC1(CBr)CC1. The van der Waals surface area contributed by atoms with Crippen LogP contribution in [0.5, 0.6) is 0 Å². The number of carbonyl (C=O) groups excluding carboxylic acids is 1. The van der Waals surface area contributed by atoms with E-state index in [4.69, 9.17) is 4.52 Å². The van der Waals surface area contributed by atoms with Crippen molar-refractivity contribution in [1.82, 2.24) is 10.5 Å². The third-order valence-electron chi connectivity index (χ3n) is 2.86. The molecular weight excluding hydrogens is 260 g/mol. The van der Waals surface area contributed by atoms with Crippen molar-refractivity contribution in [2.45, 2.75) is 19.8 Å². The van der Waals surface area contributed by atoms with Crippen LogP contribution in [0, 0.1) is 12.3 Å². The van der Waals surface area contributed by atoms with Crippen molar-refractivity contribution in [2.75, 3.05) is 11.9 Å². The maximum absolute atomic E-state index is 11.7. The van der Waals surface area contributed by atoms with Crippen LogP contribution in [0.25, 0.3) is 0 Å². The van der Waals surface area contributed by atoms with E-state index in [2.05, 4.69) is 26.4 Å². The van der Waals surface area contributed by atoms with Crippen molar-refractivity contribution in [3.05, 3.63) is 17.5 Å². The molecule has 1 aromatic heterocycles. The number of aryl methyl sites for hydroxylation is 1.